The Bertz CT molecular complexity index is 1250. The Kier molecular flexibility index (Phi) is 6.63. The fourth-order valence-electron chi connectivity index (χ4n) is 4.20. The van der Waals surface area contributed by atoms with Crippen molar-refractivity contribution in [3.05, 3.63) is 144 Å². The average molecular weight is 442 g/mol. The van der Waals surface area contributed by atoms with E-state index in [-0.39, 0.29) is 0 Å². The maximum absolute atomic E-state index is 4.80. The second-order valence-corrected chi connectivity index (χ2v) is 8.15. The number of aliphatic imine (C=N–C) groups is 1. The lowest BCUT2D eigenvalue weighted by Gasteiger charge is -2.28. The Labute approximate surface area is 201 Å². The van der Waals surface area contributed by atoms with Crippen LogP contribution in [-0.2, 0) is 0 Å². The normalized spacial score (nSPS) is 14.6. The van der Waals surface area contributed by atoms with Crippen molar-refractivity contribution in [2.75, 3.05) is 10.2 Å². The Morgan fingerprint density at radius 1 is 0.618 bits per heavy atom. The number of nitrogens with zero attached hydrogens (tertiary/aromatic N) is 2. The second-order valence-electron chi connectivity index (χ2n) is 8.15. The summed E-state index contributed by atoms with van der Waals surface area (Å²) in [4.78, 5) is 7.15. The number of hydrogen-bond donors (Lipinski definition) is 1. The fraction of sp³-hybridized carbons (Fsp3) is 0.0645. The topological polar surface area (TPSA) is 27.6 Å². The molecule has 0 atom stereocenters. The van der Waals surface area contributed by atoms with Gasteiger partial charge in [0, 0.05) is 29.5 Å². The van der Waals surface area contributed by atoms with Crippen molar-refractivity contribution in [1.82, 2.24) is 0 Å². The van der Waals surface area contributed by atoms with Gasteiger partial charge in [-0.25, -0.2) is 0 Å². The monoisotopic (exact) mass is 441 g/mol. The van der Waals surface area contributed by atoms with E-state index >= 15 is 0 Å². The number of nitrogens with one attached hydrogen (secondary N) is 1. The summed E-state index contributed by atoms with van der Waals surface area (Å²) in [6, 6.07) is 41.5. The smallest absolute Gasteiger partial charge is 0.0629 e. The highest BCUT2D eigenvalue weighted by Gasteiger charge is 2.26. The fourth-order valence-corrected chi connectivity index (χ4v) is 4.20. The molecule has 0 spiro atoms. The number of benzene rings is 4. The summed E-state index contributed by atoms with van der Waals surface area (Å²) in [7, 11) is 0. The summed E-state index contributed by atoms with van der Waals surface area (Å²) in [5.74, 6) is 0. The maximum atomic E-state index is 4.80. The molecule has 0 unspecified atom stereocenters. The number of anilines is 3. The molecule has 0 aliphatic heterocycles. The van der Waals surface area contributed by atoms with E-state index in [0.717, 1.165) is 35.6 Å². The second kappa shape index (κ2) is 10.5. The minimum Gasteiger partial charge on any atom is -0.361 e. The van der Waals surface area contributed by atoms with E-state index in [4.69, 9.17) is 4.99 Å². The van der Waals surface area contributed by atoms with E-state index < -0.39 is 0 Å². The number of allylic oxidation sites excluding steroid dienone is 2. The van der Waals surface area contributed by atoms with Crippen LogP contribution in [0.2, 0.25) is 0 Å². The summed E-state index contributed by atoms with van der Waals surface area (Å²) in [6.07, 6.45) is 6.06. The van der Waals surface area contributed by atoms with Crippen LogP contribution in [0.1, 0.15) is 12.8 Å². The zero-order chi connectivity index (χ0) is 23.0. The molecule has 0 saturated carbocycles. The van der Waals surface area contributed by atoms with Crippen molar-refractivity contribution in [1.29, 1.82) is 0 Å². The van der Waals surface area contributed by atoms with Crippen LogP contribution < -0.4 is 10.2 Å². The van der Waals surface area contributed by atoms with Crippen molar-refractivity contribution in [3.8, 4) is 0 Å². The molecule has 166 valence electrons. The van der Waals surface area contributed by atoms with Gasteiger partial charge in [0.25, 0.3) is 0 Å². The third kappa shape index (κ3) is 5.00. The predicted molar refractivity (Wildman–Crippen MR) is 144 cm³/mol. The highest BCUT2D eigenvalue weighted by Crippen LogP contribution is 2.40. The molecule has 1 aliphatic carbocycles. The number of rotatable bonds is 7. The Morgan fingerprint density at radius 3 is 1.74 bits per heavy atom. The molecule has 34 heavy (non-hydrogen) atoms. The predicted octanol–water partition coefficient (Wildman–Crippen LogP) is 8.27. The lowest BCUT2D eigenvalue weighted by atomic mass is 10.1. The first-order valence-corrected chi connectivity index (χ1v) is 11.6. The standard InChI is InChI=1S/C31H27N3/c1-5-13-27(14-6-1)32-23-25-21-22-26(24-33-28-15-7-2-8-16-28)31(25)34(29-17-9-3-10-18-29)30-19-11-4-12-20-30/h1-20,23-24,32H,21-22H2. The minimum absolute atomic E-state index is 0.935. The first kappa shape index (κ1) is 21.5. The summed E-state index contributed by atoms with van der Waals surface area (Å²) in [5, 5.41) is 3.50. The van der Waals surface area contributed by atoms with E-state index in [1.54, 1.807) is 0 Å². The summed E-state index contributed by atoms with van der Waals surface area (Å²) < 4.78 is 0. The molecule has 0 bridgehead atoms. The highest BCUT2D eigenvalue weighted by atomic mass is 15.2. The molecule has 4 aromatic rings. The van der Waals surface area contributed by atoms with Crippen LogP contribution in [0.15, 0.2) is 149 Å². The third-order valence-electron chi connectivity index (χ3n) is 5.84. The quantitative estimate of drug-likeness (QED) is 0.292. The first-order valence-electron chi connectivity index (χ1n) is 11.6. The van der Waals surface area contributed by atoms with Gasteiger partial charge in [-0.3, -0.25) is 4.99 Å². The van der Waals surface area contributed by atoms with Gasteiger partial charge in [0.05, 0.1) is 11.4 Å². The Balaban J connectivity index is 1.62. The average Bonchev–Trinajstić information content (AvgIpc) is 3.31. The van der Waals surface area contributed by atoms with E-state index in [9.17, 15) is 0 Å². The highest BCUT2D eigenvalue weighted by molar-refractivity contribution is 5.88. The molecular formula is C31H27N3. The first-order chi connectivity index (χ1) is 16.9. The lowest BCUT2D eigenvalue weighted by Crippen LogP contribution is -2.18. The van der Waals surface area contributed by atoms with Crippen molar-refractivity contribution in [2.45, 2.75) is 12.8 Å². The van der Waals surface area contributed by atoms with Gasteiger partial charge in [0.2, 0.25) is 0 Å². The van der Waals surface area contributed by atoms with E-state index in [0.29, 0.717) is 0 Å². The van der Waals surface area contributed by atoms with Crippen molar-refractivity contribution >= 4 is 29.0 Å². The molecule has 0 amide bonds. The van der Waals surface area contributed by atoms with Gasteiger partial charge in [-0.2, -0.15) is 0 Å². The van der Waals surface area contributed by atoms with Gasteiger partial charge in [-0.1, -0.05) is 72.8 Å². The molecule has 1 aliphatic rings. The van der Waals surface area contributed by atoms with Crippen LogP contribution in [-0.4, -0.2) is 6.21 Å². The summed E-state index contributed by atoms with van der Waals surface area (Å²) >= 11 is 0. The molecule has 5 rings (SSSR count). The van der Waals surface area contributed by atoms with Crippen LogP contribution in [0.4, 0.5) is 22.7 Å². The molecule has 1 N–H and O–H groups in total. The summed E-state index contributed by atoms with van der Waals surface area (Å²) in [5.41, 5.74) is 7.94. The molecule has 0 saturated heterocycles. The van der Waals surface area contributed by atoms with Crippen molar-refractivity contribution < 1.29 is 0 Å². The lowest BCUT2D eigenvalue weighted by molar-refractivity contribution is 1.03. The SMILES string of the molecule is C(=Nc1ccccc1)C1=C(N(c2ccccc2)c2ccccc2)C(=CNc2ccccc2)CC1. The Hall–Kier alpha value is -4.37. The van der Waals surface area contributed by atoms with Gasteiger partial charge in [-0.05, 0) is 72.5 Å². The molecule has 4 aromatic carbocycles. The van der Waals surface area contributed by atoms with Crippen molar-refractivity contribution in [2.24, 2.45) is 4.99 Å². The van der Waals surface area contributed by atoms with Crippen LogP contribution in [0.5, 0.6) is 0 Å². The van der Waals surface area contributed by atoms with Crippen LogP contribution >= 0.6 is 0 Å². The zero-order valence-corrected chi connectivity index (χ0v) is 19.0. The molecule has 0 aromatic heterocycles. The summed E-state index contributed by atoms with van der Waals surface area (Å²) in [6.45, 7) is 0. The van der Waals surface area contributed by atoms with Crippen molar-refractivity contribution in [3.63, 3.8) is 0 Å². The van der Waals surface area contributed by atoms with Gasteiger partial charge in [0.15, 0.2) is 0 Å². The van der Waals surface area contributed by atoms with Gasteiger partial charge in [0.1, 0.15) is 0 Å². The molecule has 0 fully saturated rings. The van der Waals surface area contributed by atoms with E-state index in [2.05, 4.69) is 89.2 Å². The largest absolute Gasteiger partial charge is 0.361 e. The molecule has 0 heterocycles. The molecular weight excluding hydrogens is 414 g/mol. The number of hydrogen-bond acceptors (Lipinski definition) is 3. The molecule has 3 heteroatoms. The van der Waals surface area contributed by atoms with Gasteiger partial charge in [-0.15, -0.1) is 0 Å². The van der Waals surface area contributed by atoms with Crippen LogP contribution in [0.3, 0.4) is 0 Å². The van der Waals surface area contributed by atoms with Gasteiger partial charge >= 0.3 is 0 Å². The van der Waals surface area contributed by atoms with Crippen LogP contribution in [0, 0.1) is 0 Å². The minimum atomic E-state index is 0.935. The third-order valence-corrected chi connectivity index (χ3v) is 5.84. The molecule has 3 nitrogen and oxygen atoms in total. The van der Waals surface area contributed by atoms with Gasteiger partial charge < -0.3 is 10.2 Å². The van der Waals surface area contributed by atoms with E-state index in [1.807, 2.05) is 54.7 Å². The Morgan fingerprint density at radius 2 is 1.15 bits per heavy atom. The van der Waals surface area contributed by atoms with Crippen LogP contribution in [0.25, 0.3) is 0 Å². The number of para-hydroxylation sites is 4. The zero-order valence-electron chi connectivity index (χ0n) is 19.0. The van der Waals surface area contributed by atoms with E-state index in [1.165, 1.54) is 16.8 Å². The molecule has 0 radical (unpaired) electrons. The maximum Gasteiger partial charge on any atom is 0.0629 e.